The van der Waals surface area contributed by atoms with Gasteiger partial charge in [-0.25, -0.2) is 15.0 Å². The predicted molar refractivity (Wildman–Crippen MR) is 205 cm³/mol. The molecule has 6 heteroatoms. The number of hydrogen-bond acceptors (Lipinski definition) is 5. The lowest BCUT2D eigenvalue weighted by Crippen LogP contribution is -2.07. The maximum Gasteiger partial charge on any atom is 0.163 e. The van der Waals surface area contributed by atoms with E-state index in [1.165, 1.54) is 10.8 Å². The molecule has 0 bridgehead atoms. The highest BCUT2D eigenvalue weighted by Gasteiger charge is 2.22. The molecule has 6 aromatic carbocycles. The van der Waals surface area contributed by atoms with Crippen LogP contribution in [-0.4, -0.2) is 19.5 Å². The van der Waals surface area contributed by atoms with Gasteiger partial charge in [0.1, 0.15) is 28.2 Å². The van der Waals surface area contributed by atoms with Crippen molar-refractivity contribution in [2.45, 2.75) is 12.3 Å². The summed E-state index contributed by atoms with van der Waals surface area (Å²) < 4.78 is 15.7. The molecular formula is C45H28N4O2. The van der Waals surface area contributed by atoms with Crippen molar-refractivity contribution in [2.75, 3.05) is 0 Å². The number of aromatic nitrogens is 4. The average molecular weight is 657 g/mol. The van der Waals surface area contributed by atoms with E-state index in [0.717, 1.165) is 84.0 Å². The van der Waals surface area contributed by atoms with Gasteiger partial charge in [-0.1, -0.05) is 103 Å². The minimum atomic E-state index is 0.0838. The van der Waals surface area contributed by atoms with E-state index < -0.39 is 0 Å². The summed E-state index contributed by atoms with van der Waals surface area (Å²) in [5.41, 5.74) is 8.34. The molecule has 11 rings (SSSR count). The second-order valence-corrected chi connectivity index (χ2v) is 13.1. The zero-order chi connectivity index (χ0) is 33.5. The summed E-state index contributed by atoms with van der Waals surface area (Å²) in [7, 11) is 0. The standard InChI is InChI=1S/C45H28N4O2/c1-3-12-27(13-4-1)43-46-44(28-14-5-2-6-15-28)48-45(47-43)29-22-23-32-33-24-25-38-41(42(33)51-39(32)26-29)40-36(20-11-21-37(40)50-38)49-34-18-9-7-16-30(34)31-17-8-10-19-35(31)49/h1-14,16-26,28H,15H2. The Hall–Kier alpha value is -6.79. The van der Waals surface area contributed by atoms with E-state index in [2.05, 4.69) is 120 Å². The zero-order valence-corrected chi connectivity index (χ0v) is 27.3. The van der Waals surface area contributed by atoms with Crippen molar-refractivity contribution in [3.05, 3.63) is 158 Å². The molecule has 0 aliphatic heterocycles. The fourth-order valence-electron chi connectivity index (χ4n) is 7.80. The summed E-state index contributed by atoms with van der Waals surface area (Å²) in [6.07, 6.45) is 9.29. The number of allylic oxidation sites excluding steroid dienone is 4. The van der Waals surface area contributed by atoms with E-state index in [1.54, 1.807) is 0 Å². The van der Waals surface area contributed by atoms with Crippen molar-refractivity contribution < 1.29 is 8.83 Å². The van der Waals surface area contributed by atoms with Gasteiger partial charge in [0.05, 0.1) is 27.5 Å². The molecule has 0 saturated heterocycles. The van der Waals surface area contributed by atoms with Gasteiger partial charge in [-0.05, 0) is 55.0 Å². The highest BCUT2D eigenvalue weighted by molar-refractivity contribution is 6.24. The van der Waals surface area contributed by atoms with Gasteiger partial charge >= 0.3 is 0 Å². The lowest BCUT2D eigenvalue weighted by Gasteiger charge is -2.14. The molecule has 240 valence electrons. The number of rotatable bonds is 4. The van der Waals surface area contributed by atoms with Gasteiger partial charge < -0.3 is 13.4 Å². The van der Waals surface area contributed by atoms with Gasteiger partial charge in [0.15, 0.2) is 11.6 Å². The minimum Gasteiger partial charge on any atom is -0.456 e. The Morgan fingerprint density at radius 1 is 0.529 bits per heavy atom. The molecular weight excluding hydrogens is 629 g/mol. The number of nitrogens with zero attached hydrogens (tertiary/aromatic N) is 4. The van der Waals surface area contributed by atoms with Gasteiger partial charge in [0.2, 0.25) is 0 Å². The van der Waals surface area contributed by atoms with E-state index in [-0.39, 0.29) is 5.92 Å². The van der Waals surface area contributed by atoms with E-state index in [9.17, 15) is 0 Å². The van der Waals surface area contributed by atoms with Crippen LogP contribution in [0.5, 0.6) is 0 Å². The number of hydrogen-bond donors (Lipinski definition) is 0. The van der Waals surface area contributed by atoms with Crippen molar-refractivity contribution in [1.82, 2.24) is 19.5 Å². The molecule has 1 aliphatic rings. The number of fused-ring (bicyclic) bond motifs is 10. The maximum atomic E-state index is 6.84. The number of para-hydroxylation sites is 2. The average Bonchev–Trinajstić information content (AvgIpc) is 3.87. The van der Waals surface area contributed by atoms with Crippen LogP contribution in [0.25, 0.3) is 94.1 Å². The fraction of sp³-hybridized carbons (Fsp3) is 0.0444. The summed E-state index contributed by atoms with van der Waals surface area (Å²) in [5.74, 6) is 2.12. The van der Waals surface area contributed by atoms with Crippen molar-refractivity contribution in [1.29, 1.82) is 0 Å². The lowest BCUT2D eigenvalue weighted by molar-refractivity contribution is 0.663. The second kappa shape index (κ2) is 10.9. The summed E-state index contributed by atoms with van der Waals surface area (Å²) in [4.78, 5) is 14.9. The predicted octanol–water partition coefficient (Wildman–Crippen LogP) is 11.7. The van der Waals surface area contributed by atoms with Crippen LogP contribution in [0.4, 0.5) is 0 Å². The lowest BCUT2D eigenvalue weighted by atomic mass is 10.00. The van der Waals surface area contributed by atoms with Crippen LogP contribution in [0.2, 0.25) is 0 Å². The van der Waals surface area contributed by atoms with Crippen LogP contribution in [0.15, 0.2) is 161 Å². The van der Waals surface area contributed by atoms with Crippen molar-refractivity contribution >= 4 is 65.7 Å². The molecule has 0 radical (unpaired) electrons. The zero-order valence-electron chi connectivity index (χ0n) is 27.3. The third-order valence-electron chi connectivity index (χ3n) is 10.2. The van der Waals surface area contributed by atoms with E-state index in [0.29, 0.717) is 11.6 Å². The molecule has 1 unspecified atom stereocenters. The number of furan rings is 2. The van der Waals surface area contributed by atoms with Gasteiger partial charge in [0, 0.05) is 38.6 Å². The van der Waals surface area contributed by atoms with Gasteiger partial charge in [-0.3, -0.25) is 0 Å². The SMILES string of the molecule is C1=CCC(c2nc(-c3ccccc3)nc(-c3ccc4c(c3)oc3c4ccc4oc5cccc(-n6c7ccccc7c7ccccc76)c5c43)n2)C=C1. The topological polar surface area (TPSA) is 69.9 Å². The Balaban J connectivity index is 1.14. The Kier molecular flexibility index (Phi) is 5.98. The fourth-order valence-corrected chi connectivity index (χ4v) is 7.80. The molecule has 51 heavy (non-hydrogen) atoms. The van der Waals surface area contributed by atoms with E-state index >= 15 is 0 Å². The van der Waals surface area contributed by atoms with Crippen molar-refractivity contribution in [3.8, 4) is 28.5 Å². The minimum absolute atomic E-state index is 0.0838. The van der Waals surface area contributed by atoms with Crippen LogP contribution >= 0.6 is 0 Å². The third kappa shape index (κ3) is 4.26. The smallest absolute Gasteiger partial charge is 0.163 e. The van der Waals surface area contributed by atoms with Crippen molar-refractivity contribution in [3.63, 3.8) is 0 Å². The Morgan fingerprint density at radius 2 is 1.25 bits per heavy atom. The Morgan fingerprint density at radius 3 is 2.04 bits per heavy atom. The molecule has 1 atom stereocenters. The van der Waals surface area contributed by atoms with Crippen LogP contribution in [0.3, 0.4) is 0 Å². The normalized spacial score (nSPS) is 14.6. The van der Waals surface area contributed by atoms with E-state index in [1.807, 2.05) is 36.4 Å². The molecule has 4 aromatic heterocycles. The highest BCUT2D eigenvalue weighted by Crippen LogP contribution is 2.43. The molecule has 1 aliphatic carbocycles. The first-order valence-electron chi connectivity index (χ1n) is 17.2. The van der Waals surface area contributed by atoms with Crippen LogP contribution in [-0.2, 0) is 0 Å². The van der Waals surface area contributed by atoms with Crippen LogP contribution < -0.4 is 0 Å². The Bertz CT molecular complexity index is 3020. The van der Waals surface area contributed by atoms with Crippen LogP contribution in [0.1, 0.15) is 18.2 Å². The molecule has 10 aromatic rings. The summed E-state index contributed by atoms with van der Waals surface area (Å²) in [5, 5.41) is 6.47. The number of benzene rings is 6. The molecule has 0 amide bonds. The Labute approximate surface area is 291 Å². The molecule has 0 saturated carbocycles. The first-order chi connectivity index (χ1) is 25.3. The molecule has 0 N–H and O–H groups in total. The molecule has 6 nitrogen and oxygen atoms in total. The van der Waals surface area contributed by atoms with Gasteiger partial charge in [-0.15, -0.1) is 0 Å². The second-order valence-electron chi connectivity index (χ2n) is 13.1. The first kappa shape index (κ1) is 28.1. The van der Waals surface area contributed by atoms with Crippen LogP contribution in [0, 0.1) is 0 Å². The van der Waals surface area contributed by atoms with Gasteiger partial charge in [-0.2, -0.15) is 0 Å². The largest absolute Gasteiger partial charge is 0.456 e. The highest BCUT2D eigenvalue weighted by atomic mass is 16.3. The summed E-state index contributed by atoms with van der Waals surface area (Å²) in [6, 6.07) is 44.0. The van der Waals surface area contributed by atoms with Crippen molar-refractivity contribution in [2.24, 2.45) is 0 Å². The first-order valence-corrected chi connectivity index (χ1v) is 17.2. The summed E-state index contributed by atoms with van der Waals surface area (Å²) >= 11 is 0. The quantitative estimate of drug-likeness (QED) is 0.189. The van der Waals surface area contributed by atoms with E-state index in [4.69, 9.17) is 23.8 Å². The summed E-state index contributed by atoms with van der Waals surface area (Å²) in [6.45, 7) is 0. The monoisotopic (exact) mass is 656 g/mol. The third-order valence-corrected chi connectivity index (χ3v) is 10.2. The molecule has 4 heterocycles. The van der Waals surface area contributed by atoms with Gasteiger partial charge in [0.25, 0.3) is 0 Å². The maximum absolute atomic E-state index is 6.84. The molecule has 0 fully saturated rings. The molecule has 0 spiro atoms.